The summed E-state index contributed by atoms with van der Waals surface area (Å²) in [6.07, 6.45) is -2.48. The number of hydrogen-bond acceptors (Lipinski definition) is 6. The molecule has 12 heteroatoms. The van der Waals surface area contributed by atoms with E-state index in [9.17, 15) is 0 Å². The second-order valence-electron chi connectivity index (χ2n) is 0.698. The molecule has 0 bridgehead atoms. The van der Waals surface area contributed by atoms with Crippen molar-refractivity contribution in [3.05, 3.63) is 0 Å². The van der Waals surface area contributed by atoms with E-state index >= 15 is 0 Å². The van der Waals surface area contributed by atoms with Crippen molar-refractivity contribution in [2.24, 2.45) is 0 Å². The molecule has 14 heavy (non-hydrogen) atoms. The summed E-state index contributed by atoms with van der Waals surface area (Å²) in [4.78, 5) is 18.3. The van der Waals surface area contributed by atoms with E-state index in [2.05, 4.69) is 30.1 Å². The van der Waals surface area contributed by atoms with Crippen LogP contribution in [0.5, 0.6) is 0 Å². The Morgan fingerprint density at radius 3 is 1.00 bits per heavy atom. The van der Waals surface area contributed by atoms with Gasteiger partial charge < -0.3 is 0 Å². The van der Waals surface area contributed by atoms with Crippen LogP contribution in [-0.4, -0.2) is 98.0 Å². The molecule has 0 saturated carbocycles. The van der Waals surface area contributed by atoms with Crippen LogP contribution in [0.25, 0.3) is 0 Å². The molecule has 0 fully saturated rings. The molecular formula is C2H8Ca2Mo2O6S2. The third kappa shape index (κ3) is 59.4. The molecule has 0 rings (SSSR count). The molecule has 0 saturated heterocycles. The molecule has 0 aliphatic heterocycles. The zero-order valence-electron chi connectivity index (χ0n) is 5.24. The number of hydrogen-bond donors (Lipinski definition) is 4. The van der Waals surface area contributed by atoms with Crippen LogP contribution in [0.3, 0.4) is 0 Å². The van der Waals surface area contributed by atoms with Gasteiger partial charge in [-0.2, -0.15) is 0 Å². The van der Waals surface area contributed by atoms with Gasteiger partial charge in [-0.3, -0.25) is 0 Å². The standard InChI is InChI=1S/2CH2O3.2Ca.2Mo.H2S2.4H/c2*2-1(3)4;;;;;1-2;;;;/h2*(H2,2,3,4);;;;;1-2H;;;;/q;;;;2*+1;;;;;/p-2. The normalized spacial score (nSPS) is 5.00. The minimum atomic E-state index is -1.24. The molecule has 0 heterocycles. The van der Waals surface area contributed by atoms with Crippen molar-refractivity contribution >= 4 is 111 Å². The summed E-state index contributed by atoms with van der Waals surface area (Å²) in [5.41, 5.74) is 0. The van der Waals surface area contributed by atoms with Gasteiger partial charge in [0.25, 0.3) is 0 Å². The molecular weight excluding hydrogens is 456 g/mol. The first-order valence-corrected chi connectivity index (χ1v) is 5.04. The van der Waals surface area contributed by atoms with Crippen LogP contribution < -0.4 is 0 Å². The Kier molecular flexibility index (Phi) is 64.5. The van der Waals surface area contributed by atoms with Crippen LogP contribution in [0.4, 0.5) is 9.59 Å². The van der Waals surface area contributed by atoms with Crippen molar-refractivity contribution in [3.8, 4) is 0 Å². The van der Waals surface area contributed by atoms with Gasteiger partial charge in [-0.15, -0.1) is 23.3 Å². The second-order valence-corrected chi connectivity index (χ2v) is 1.52. The first kappa shape index (κ1) is 30.3. The SMILES string of the molecule is O=C(O)[O][Mo].O=C(O)[O][Mo].SS.[CaH2].[CaH2]. The predicted octanol–water partition coefficient (Wildman–Crippen LogP) is -0.786. The summed E-state index contributed by atoms with van der Waals surface area (Å²) in [5, 5.41) is 15.0. The molecule has 0 amide bonds. The molecule has 0 spiro atoms. The van der Waals surface area contributed by atoms with Crippen molar-refractivity contribution < 1.29 is 67.0 Å². The van der Waals surface area contributed by atoms with Gasteiger partial charge in [-0.25, -0.2) is 0 Å². The molecule has 0 atom stereocenters. The average Bonchev–Trinajstić information content (AvgIpc) is 2.09. The summed E-state index contributed by atoms with van der Waals surface area (Å²) < 4.78 is 7.35. The van der Waals surface area contributed by atoms with Gasteiger partial charge in [0.1, 0.15) is 0 Å². The van der Waals surface area contributed by atoms with Gasteiger partial charge >= 0.3 is 155 Å². The summed E-state index contributed by atoms with van der Waals surface area (Å²) in [6.45, 7) is 0. The Morgan fingerprint density at radius 2 is 1.00 bits per heavy atom. The van der Waals surface area contributed by atoms with Gasteiger partial charge in [0, 0.05) is 0 Å². The van der Waals surface area contributed by atoms with Crippen molar-refractivity contribution in [1.82, 2.24) is 0 Å². The van der Waals surface area contributed by atoms with E-state index in [0.29, 0.717) is 0 Å². The number of rotatable bonds is 0. The van der Waals surface area contributed by atoms with Crippen LogP contribution in [0.2, 0.25) is 0 Å². The van der Waals surface area contributed by atoms with E-state index in [4.69, 9.17) is 19.8 Å². The Morgan fingerprint density at radius 1 is 0.929 bits per heavy atom. The average molecular weight is 464 g/mol. The fourth-order valence-electron chi connectivity index (χ4n) is 0. The molecule has 0 aliphatic rings. The zero-order valence-corrected chi connectivity index (χ0v) is 11.0. The van der Waals surface area contributed by atoms with Gasteiger partial charge in [0.15, 0.2) is 0 Å². The van der Waals surface area contributed by atoms with E-state index in [1.165, 1.54) is 0 Å². The van der Waals surface area contributed by atoms with Crippen LogP contribution in [0, 0.1) is 0 Å². The van der Waals surface area contributed by atoms with Crippen molar-refractivity contribution in [1.29, 1.82) is 0 Å². The maximum atomic E-state index is 9.15. The van der Waals surface area contributed by atoms with E-state index in [-0.39, 0.29) is 75.5 Å². The van der Waals surface area contributed by atoms with E-state index in [1.54, 1.807) is 0 Å². The molecule has 0 aromatic carbocycles. The van der Waals surface area contributed by atoms with Crippen molar-refractivity contribution in [2.75, 3.05) is 0 Å². The quantitative estimate of drug-likeness (QED) is 0.214. The van der Waals surface area contributed by atoms with Gasteiger partial charge in [-0.1, -0.05) is 0 Å². The van der Waals surface area contributed by atoms with Crippen molar-refractivity contribution in [3.63, 3.8) is 0 Å². The fraction of sp³-hybridized carbons (Fsp3) is 0. The minimum absolute atomic E-state index is 0. The second kappa shape index (κ2) is 29.8. The molecule has 0 aromatic rings. The summed E-state index contributed by atoms with van der Waals surface area (Å²) in [6, 6.07) is 0. The zero-order chi connectivity index (χ0) is 10.6. The van der Waals surface area contributed by atoms with E-state index in [0.717, 1.165) is 40.4 Å². The van der Waals surface area contributed by atoms with Crippen LogP contribution in [-0.2, 0) is 47.2 Å². The fourth-order valence-corrected chi connectivity index (χ4v) is 0. The Labute approximate surface area is 174 Å². The summed E-state index contributed by atoms with van der Waals surface area (Å²) in [5.74, 6) is 0. The molecule has 0 aliphatic carbocycles. The molecule has 2 N–H and O–H groups in total. The van der Waals surface area contributed by atoms with Crippen molar-refractivity contribution in [2.45, 2.75) is 0 Å². The Balaban J connectivity index is -0.0000000292. The summed E-state index contributed by atoms with van der Waals surface area (Å²) in [7, 11) is 0. The van der Waals surface area contributed by atoms with Gasteiger partial charge in [-0.05, 0) is 0 Å². The first-order valence-electron chi connectivity index (χ1n) is 1.80. The first-order chi connectivity index (χ1) is 5.54. The molecule has 6 nitrogen and oxygen atoms in total. The topological polar surface area (TPSA) is 93.1 Å². The van der Waals surface area contributed by atoms with Gasteiger partial charge in [0.05, 0.1) is 0 Å². The van der Waals surface area contributed by atoms with Crippen LogP contribution in [0.15, 0.2) is 0 Å². The number of thiol groups is 2. The van der Waals surface area contributed by atoms with Gasteiger partial charge in [0.2, 0.25) is 0 Å². The summed E-state index contributed by atoms with van der Waals surface area (Å²) >= 11 is 8.52. The predicted molar refractivity (Wildman–Crippen MR) is 53.3 cm³/mol. The number of carbonyl (C=O) groups is 2. The maximum absolute atomic E-state index is 9.15. The number of carboxylic acid groups (broad SMARTS) is 2. The molecule has 0 aromatic heterocycles. The molecule has 0 unspecified atom stereocenters. The Bertz CT molecular complexity index is 114. The van der Waals surface area contributed by atoms with Crippen LogP contribution in [0.1, 0.15) is 0 Å². The van der Waals surface area contributed by atoms with Crippen LogP contribution >= 0.6 is 23.3 Å². The third-order valence-electron chi connectivity index (χ3n) is 0.143. The van der Waals surface area contributed by atoms with E-state index < -0.39 is 12.3 Å². The Hall–Kier alpha value is 3.14. The van der Waals surface area contributed by atoms with E-state index in [1.807, 2.05) is 0 Å². The molecule has 0 radical (unpaired) electrons. The third-order valence-corrected chi connectivity index (χ3v) is 0.843. The monoisotopic (exact) mass is 468 g/mol. The molecule has 80 valence electrons.